The minimum Gasteiger partial charge on any atom is -0.467 e. The van der Waals surface area contributed by atoms with Crippen molar-refractivity contribution in [2.45, 2.75) is 13.0 Å². The van der Waals surface area contributed by atoms with Gasteiger partial charge in [-0.15, -0.1) is 0 Å². The maximum Gasteiger partial charge on any atom is 0.292 e. The molecule has 2 aromatic heterocycles. The number of aliphatic hydroxyl groups is 1. The Morgan fingerprint density at radius 2 is 2.47 bits per heavy atom. The number of furan rings is 1. The van der Waals surface area contributed by atoms with Crippen LogP contribution in [-0.2, 0) is 0 Å². The molecule has 2 aromatic rings. The van der Waals surface area contributed by atoms with Crippen LogP contribution < -0.4 is 5.32 Å². The monoisotopic (exact) mass is 237 g/mol. The van der Waals surface area contributed by atoms with Crippen molar-refractivity contribution in [3.05, 3.63) is 35.9 Å². The second-order valence-corrected chi connectivity index (χ2v) is 3.38. The standard InChI is InChI=1S/C10H11N3O4/c1-6-12-9(13-17-6)10(15)11-5-7(14)8-3-2-4-16-8/h2-4,7,14H,5H2,1H3,(H,11,15). The van der Waals surface area contributed by atoms with Gasteiger partial charge in [0.15, 0.2) is 0 Å². The zero-order valence-corrected chi connectivity index (χ0v) is 9.08. The zero-order chi connectivity index (χ0) is 12.3. The topological polar surface area (TPSA) is 101 Å². The number of rotatable bonds is 4. The Bertz CT molecular complexity index is 491. The number of aryl methyl sites for hydroxylation is 1. The minimum absolute atomic E-state index is 0.0138. The third kappa shape index (κ3) is 2.70. The summed E-state index contributed by atoms with van der Waals surface area (Å²) in [5.74, 6) is 0.123. The molecule has 0 spiro atoms. The number of aliphatic hydroxyl groups excluding tert-OH is 1. The molecule has 7 nitrogen and oxygen atoms in total. The molecule has 1 atom stereocenters. The molecule has 1 amide bonds. The molecule has 1 unspecified atom stereocenters. The van der Waals surface area contributed by atoms with Crippen LogP contribution in [0.5, 0.6) is 0 Å². The van der Waals surface area contributed by atoms with Crippen molar-refractivity contribution in [2.75, 3.05) is 6.54 Å². The molecule has 7 heteroatoms. The van der Waals surface area contributed by atoms with E-state index in [1.165, 1.54) is 6.26 Å². The first-order chi connectivity index (χ1) is 8.16. The summed E-state index contributed by atoms with van der Waals surface area (Å²) in [6.07, 6.45) is 0.546. The van der Waals surface area contributed by atoms with Crippen LogP contribution in [0.2, 0.25) is 0 Å². The van der Waals surface area contributed by atoms with E-state index in [0.717, 1.165) is 0 Å². The molecule has 0 radical (unpaired) electrons. The Morgan fingerprint density at radius 1 is 1.65 bits per heavy atom. The summed E-state index contributed by atoms with van der Waals surface area (Å²) in [5.41, 5.74) is 0. The lowest BCUT2D eigenvalue weighted by Gasteiger charge is -2.07. The van der Waals surface area contributed by atoms with Crippen LogP contribution in [0.1, 0.15) is 28.4 Å². The lowest BCUT2D eigenvalue weighted by Crippen LogP contribution is -2.29. The van der Waals surface area contributed by atoms with Crippen molar-refractivity contribution in [3.63, 3.8) is 0 Å². The van der Waals surface area contributed by atoms with E-state index in [1.54, 1.807) is 19.1 Å². The molecule has 0 bridgehead atoms. The molecule has 90 valence electrons. The minimum atomic E-state index is -0.901. The molecule has 0 aliphatic heterocycles. The summed E-state index contributed by atoms with van der Waals surface area (Å²) >= 11 is 0. The van der Waals surface area contributed by atoms with Crippen LogP contribution in [0, 0.1) is 6.92 Å². The molecule has 2 rings (SSSR count). The van der Waals surface area contributed by atoms with Crippen LogP contribution in [0.25, 0.3) is 0 Å². The highest BCUT2D eigenvalue weighted by molar-refractivity contribution is 5.90. The molecular formula is C10H11N3O4. The van der Waals surface area contributed by atoms with Gasteiger partial charge in [0.05, 0.1) is 12.8 Å². The van der Waals surface area contributed by atoms with E-state index in [4.69, 9.17) is 4.42 Å². The number of hydrogen-bond acceptors (Lipinski definition) is 6. The molecule has 0 aliphatic rings. The predicted octanol–water partition coefficient (Wildman–Crippen LogP) is 0.434. The van der Waals surface area contributed by atoms with E-state index in [-0.39, 0.29) is 12.4 Å². The first kappa shape index (κ1) is 11.3. The molecule has 0 saturated carbocycles. The van der Waals surface area contributed by atoms with E-state index in [2.05, 4.69) is 20.0 Å². The highest BCUT2D eigenvalue weighted by atomic mass is 16.5. The largest absolute Gasteiger partial charge is 0.467 e. The van der Waals surface area contributed by atoms with Crippen molar-refractivity contribution < 1.29 is 18.8 Å². The van der Waals surface area contributed by atoms with Gasteiger partial charge in [0.25, 0.3) is 11.7 Å². The summed E-state index contributed by atoms with van der Waals surface area (Å²) < 4.78 is 9.65. The number of amides is 1. The van der Waals surface area contributed by atoms with Crippen molar-refractivity contribution in [2.24, 2.45) is 0 Å². The number of carbonyl (C=O) groups excluding carboxylic acids is 1. The summed E-state index contributed by atoms with van der Waals surface area (Å²) in [6.45, 7) is 1.60. The molecular weight excluding hydrogens is 226 g/mol. The van der Waals surface area contributed by atoms with Gasteiger partial charge >= 0.3 is 0 Å². The summed E-state index contributed by atoms with van der Waals surface area (Å²) in [6, 6.07) is 3.28. The van der Waals surface area contributed by atoms with Gasteiger partial charge in [-0.05, 0) is 12.1 Å². The summed E-state index contributed by atoms with van der Waals surface area (Å²) in [4.78, 5) is 15.3. The van der Waals surface area contributed by atoms with Gasteiger partial charge in [-0.2, -0.15) is 4.98 Å². The molecule has 0 fully saturated rings. The first-order valence-electron chi connectivity index (χ1n) is 4.97. The number of nitrogens with zero attached hydrogens (tertiary/aromatic N) is 2. The van der Waals surface area contributed by atoms with E-state index < -0.39 is 12.0 Å². The van der Waals surface area contributed by atoms with Crippen molar-refractivity contribution in [1.29, 1.82) is 0 Å². The van der Waals surface area contributed by atoms with Crippen LogP contribution >= 0.6 is 0 Å². The number of hydrogen-bond donors (Lipinski definition) is 2. The quantitative estimate of drug-likeness (QED) is 0.799. The van der Waals surface area contributed by atoms with Crippen molar-refractivity contribution in [3.8, 4) is 0 Å². The van der Waals surface area contributed by atoms with E-state index in [0.29, 0.717) is 11.7 Å². The van der Waals surface area contributed by atoms with E-state index >= 15 is 0 Å². The van der Waals surface area contributed by atoms with Crippen LogP contribution in [-0.4, -0.2) is 27.7 Å². The fourth-order valence-corrected chi connectivity index (χ4v) is 1.24. The first-order valence-corrected chi connectivity index (χ1v) is 4.97. The average molecular weight is 237 g/mol. The summed E-state index contributed by atoms with van der Waals surface area (Å²) in [7, 11) is 0. The fourth-order valence-electron chi connectivity index (χ4n) is 1.24. The second kappa shape index (κ2) is 4.79. The van der Waals surface area contributed by atoms with Crippen LogP contribution in [0.3, 0.4) is 0 Å². The van der Waals surface area contributed by atoms with Crippen molar-refractivity contribution >= 4 is 5.91 Å². The van der Waals surface area contributed by atoms with Crippen LogP contribution in [0.15, 0.2) is 27.3 Å². The number of carbonyl (C=O) groups is 1. The molecule has 0 aliphatic carbocycles. The molecule has 0 saturated heterocycles. The predicted molar refractivity (Wildman–Crippen MR) is 55.0 cm³/mol. The summed E-state index contributed by atoms with van der Waals surface area (Å²) in [5, 5.41) is 15.6. The normalized spacial score (nSPS) is 12.4. The highest BCUT2D eigenvalue weighted by Crippen LogP contribution is 2.11. The van der Waals surface area contributed by atoms with Gasteiger partial charge in [-0.3, -0.25) is 4.79 Å². The van der Waals surface area contributed by atoms with E-state index in [9.17, 15) is 9.90 Å². The smallest absolute Gasteiger partial charge is 0.292 e. The Labute approximate surface area is 96.4 Å². The van der Waals surface area contributed by atoms with Gasteiger partial charge in [0.1, 0.15) is 11.9 Å². The second-order valence-electron chi connectivity index (χ2n) is 3.38. The lowest BCUT2D eigenvalue weighted by molar-refractivity contribution is 0.0888. The maximum atomic E-state index is 11.5. The molecule has 0 aromatic carbocycles. The molecule has 2 N–H and O–H groups in total. The molecule has 17 heavy (non-hydrogen) atoms. The van der Waals surface area contributed by atoms with Gasteiger partial charge in [0, 0.05) is 6.92 Å². The van der Waals surface area contributed by atoms with Gasteiger partial charge in [-0.25, -0.2) is 0 Å². The Hall–Kier alpha value is -2.15. The van der Waals surface area contributed by atoms with Crippen molar-refractivity contribution in [1.82, 2.24) is 15.5 Å². The Kier molecular flexibility index (Phi) is 3.20. The van der Waals surface area contributed by atoms with Gasteiger partial charge < -0.3 is 19.4 Å². The van der Waals surface area contributed by atoms with Crippen LogP contribution in [0.4, 0.5) is 0 Å². The van der Waals surface area contributed by atoms with Gasteiger partial charge in [-0.1, -0.05) is 5.16 Å². The van der Waals surface area contributed by atoms with Gasteiger partial charge in [0.2, 0.25) is 5.89 Å². The average Bonchev–Trinajstić information content (AvgIpc) is 2.95. The SMILES string of the molecule is Cc1nc(C(=O)NCC(O)c2ccco2)no1. The Balaban J connectivity index is 1.88. The number of aromatic nitrogens is 2. The highest BCUT2D eigenvalue weighted by Gasteiger charge is 2.16. The number of nitrogens with one attached hydrogen (secondary N) is 1. The Morgan fingerprint density at radius 3 is 3.06 bits per heavy atom. The maximum absolute atomic E-state index is 11.5. The van der Waals surface area contributed by atoms with E-state index in [1.807, 2.05) is 0 Å². The third-order valence-corrected chi connectivity index (χ3v) is 2.06. The molecule has 2 heterocycles. The third-order valence-electron chi connectivity index (χ3n) is 2.06. The zero-order valence-electron chi connectivity index (χ0n) is 9.08. The lowest BCUT2D eigenvalue weighted by atomic mass is 10.3. The fraction of sp³-hybridized carbons (Fsp3) is 0.300.